The molecule has 0 saturated heterocycles. The average Bonchev–Trinajstić information content (AvgIpc) is 0.788. The highest BCUT2D eigenvalue weighted by Crippen LogP contribution is 2.45. The molecule has 0 amide bonds. The van der Waals surface area contributed by atoms with Crippen LogP contribution in [0.25, 0.3) is 0 Å². The van der Waals surface area contributed by atoms with E-state index < -0.39 is 105 Å². The minimum Gasteiger partial charge on any atom is -0.497 e. The van der Waals surface area contributed by atoms with Crippen molar-refractivity contribution < 1.29 is 129 Å². The molecule has 34 heteroatoms. The summed E-state index contributed by atoms with van der Waals surface area (Å²) in [6.07, 6.45) is 0.741. The van der Waals surface area contributed by atoms with E-state index in [1.165, 1.54) is 28.3 Å². The highest BCUT2D eigenvalue weighted by Gasteiger charge is 2.44. The first-order valence-electron chi connectivity index (χ1n) is 40.9. The fraction of sp³-hybridized carbons (Fsp3) is 0.586. The number of hydrogen-bond acceptors (Lipinski definition) is 28. The minimum absolute atomic E-state index is 0.00322. The second-order valence-electron chi connectivity index (χ2n) is 31.7. The Kier molecular flexibility index (Phi) is 47.5. The summed E-state index contributed by atoms with van der Waals surface area (Å²) in [5.74, 6) is -2.25. The van der Waals surface area contributed by atoms with Gasteiger partial charge in [0.2, 0.25) is 0 Å². The van der Waals surface area contributed by atoms with Crippen molar-refractivity contribution in [3.63, 3.8) is 0 Å². The highest BCUT2D eigenvalue weighted by atomic mass is 28.4. The highest BCUT2D eigenvalue weighted by molar-refractivity contribution is 6.71. The summed E-state index contributed by atoms with van der Waals surface area (Å²) in [7, 11) is -4.21. The molecule has 0 bridgehead atoms. The molecule has 0 fully saturated rings. The third-order valence-corrected chi connectivity index (χ3v) is 37.2. The Morgan fingerprint density at radius 3 is 1.07 bits per heavy atom. The van der Waals surface area contributed by atoms with Crippen molar-refractivity contribution in [2.45, 2.75) is 194 Å². The van der Waals surface area contributed by atoms with Crippen LogP contribution < -0.4 is 23.4 Å². The molecule has 28 nitrogen and oxygen atoms in total. The number of ether oxygens (including phenoxy) is 10. The molecule has 0 aliphatic carbocycles. The van der Waals surface area contributed by atoms with Crippen molar-refractivity contribution in [1.82, 2.24) is 0 Å². The number of Topliss-reactive ketones (excluding diaryl/α,β-unsaturated/α-hetero) is 1. The van der Waals surface area contributed by atoms with Crippen LogP contribution in [0.5, 0.6) is 28.7 Å². The lowest BCUT2D eigenvalue weighted by Crippen LogP contribution is -2.47. The second-order valence-corrected chi connectivity index (χ2v) is 52.6. The zero-order valence-electron chi connectivity index (χ0n) is 76.4. The molecule has 3 aromatic rings. The van der Waals surface area contributed by atoms with E-state index in [1.807, 2.05) is 81.6 Å². The van der Waals surface area contributed by atoms with Crippen molar-refractivity contribution in [3.05, 3.63) is 150 Å². The summed E-state index contributed by atoms with van der Waals surface area (Å²) in [5, 5.41) is 0. The first-order chi connectivity index (χ1) is 56.9. The lowest BCUT2D eigenvalue weighted by molar-refractivity contribution is -0.139. The number of methoxy groups -OCH3 is 3. The maximum Gasteiger partial charge on any atom is 0.565 e. The molecule has 0 aliphatic heterocycles. The summed E-state index contributed by atoms with van der Waals surface area (Å²) in [5.41, 5.74) is 4.25. The molecule has 680 valence electrons. The number of carbonyl (C=O) groups is 6. The van der Waals surface area contributed by atoms with Crippen LogP contribution in [0.4, 0.5) is 0 Å². The van der Waals surface area contributed by atoms with Crippen molar-refractivity contribution in [2.75, 3.05) is 123 Å². The molecule has 0 heterocycles. The SMILES string of the molecule is C=C(C)C(=O)OCCC[Si](C)(OC)OCC(C)C(O[Si](C)(C)CCCOC(=C)C(C)=O)c1ccc(CC(CO[Si](C)(CCCOC(=O)C(=C)C)OC)C(Oc2ccc(C(O[Si](C)(CCCOC(=O)C(=C)C)OC)C(C)CO[Si](C)(CCCOC(=O)C(=C)C)OC)cc2OC)c2ccc(O[Si](CCCOC(=O)C(=C)C)(OC)OC)c(OC)c2)c(OC)c1. The molecule has 0 N–H and O–H groups in total. The third kappa shape index (κ3) is 37.2. The van der Waals surface area contributed by atoms with Crippen molar-refractivity contribution >= 4 is 87.0 Å². The van der Waals surface area contributed by atoms with Crippen LogP contribution in [-0.2, 0) is 112 Å². The summed E-state index contributed by atoms with van der Waals surface area (Å²) in [4.78, 5) is 74.3. The first-order valence-corrected chi connectivity index (χ1v) is 56.0. The maximum atomic E-state index is 12.7. The van der Waals surface area contributed by atoms with Gasteiger partial charge in [-0.2, -0.15) is 0 Å². The average molecular weight is 1800 g/mol. The van der Waals surface area contributed by atoms with Crippen LogP contribution in [0.15, 0.2) is 128 Å². The van der Waals surface area contributed by atoms with Gasteiger partial charge in [0.25, 0.3) is 0 Å². The molecule has 0 spiro atoms. The number of allylic oxidation sites excluding steroid dienone is 1. The Morgan fingerprint density at radius 2 is 0.686 bits per heavy atom. The Hall–Kier alpha value is -7.22. The zero-order valence-corrected chi connectivity index (χ0v) is 82.4. The van der Waals surface area contributed by atoms with Crippen molar-refractivity contribution in [1.29, 1.82) is 0 Å². The minimum atomic E-state index is -3.60. The molecule has 10 unspecified atom stereocenters. The van der Waals surface area contributed by atoms with Crippen LogP contribution in [0, 0.1) is 17.8 Å². The van der Waals surface area contributed by atoms with Gasteiger partial charge >= 0.3 is 72.9 Å². The van der Waals surface area contributed by atoms with E-state index in [2.05, 4.69) is 59.5 Å². The molecule has 10 atom stereocenters. The lowest BCUT2D eigenvalue weighted by Gasteiger charge is -2.36. The molecule has 3 rings (SSSR count). The van der Waals surface area contributed by atoms with Gasteiger partial charge in [-0.3, -0.25) is 4.79 Å². The Labute approximate surface area is 726 Å². The number of esters is 5. The largest absolute Gasteiger partial charge is 0.565 e. The zero-order chi connectivity index (χ0) is 91.1. The molecule has 0 radical (unpaired) electrons. The number of carbonyl (C=O) groups excluding carboxylic acids is 6. The van der Waals surface area contributed by atoms with Gasteiger partial charge in [-0.1, -0.05) is 77.6 Å². The van der Waals surface area contributed by atoms with Gasteiger partial charge in [-0.15, -0.1) is 0 Å². The number of ketones is 1. The van der Waals surface area contributed by atoms with Crippen LogP contribution in [0.3, 0.4) is 0 Å². The Morgan fingerprint density at radius 1 is 0.355 bits per heavy atom. The standard InChI is InChI=1S/C87H140O28Si6/c1-61(2)83(89)104-43-31-49-117(26,97-18)109-58-66(11)80(114-116(24,25)48-30-42-103-69(14)68(13)88)71-37-36-70(77(55-71)94-15)54-74(60-111-119(28,99-20)51-33-45-106-85(91)63(5)6)82(73-39-41-76(79(57-73)96-17)113-121(101-22,102-23)53-35-47-108-87(93)65(9)10)112-75-40-38-72(56-78(75)95-16)81(115-120(29,100-21)52-34-46-107-86(92)64(7)8)67(12)59-110-118(27,98-19)50-32-44-105-84(90)62(3)4/h36-41,55-57,66-67,74,80-82H,1,3,5,7,9,14,30-35,42-54,58-60H2,2,4,6,8,10-13,15-29H3. The molecule has 0 aliphatic rings. The predicted molar refractivity (Wildman–Crippen MR) is 477 cm³/mol. The maximum absolute atomic E-state index is 12.7. The molecular formula is C87H140O28Si6. The van der Waals surface area contributed by atoms with Crippen molar-refractivity contribution in [3.8, 4) is 28.7 Å². The molecule has 0 saturated carbocycles. The Bertz CT molecular complexity index is 3890. The van der Waals surface area contributed by atoms with Gasteiger partial charge in [-0.25, -0.2) is 24.0 Å². The van der Waals surface area contributed by atoms with E-state index in [0.29, 0.717) is 108 Å². The molecular weight excluding hydrogens is 1660 g/mol. The van der Waals surface area contributed by atoms with E-state index in [4.69, 9.17) is 100 Å². The van der Waals surface area contributed by atoms with Crippen LogP contribution in [0.2, 0.25) is 75.5 Å². The number of rotatable bonds is 65. The fourth-order valence-corrected chi connectivity index (χ4v) is 24.2. The third-order valence-electron chi connectivity index (χ3n) is 20.4. The number of benzene rings is 3. The quantitative estimate of drug-likeness (QED) is 0.0127. The van der Waals surface area contributed by atoms with E-state index in [-0.39, 0.29) is 124 Å². The molecule has 0 aromatic heterocycles. The molecule has 121 heavy (non-hydrogen) atoms. The van der Waals surface area contributed by atoms with Gasteiger partial charge in [0.15, 0.2) is 37.1 Å². The van der Waals surface area contributed by atoms with E-state index in [1.54, 1.807) is 83.3 Å². The summed E-state index contributed by atoms with van der Waals surface area (Å²) >= 11 is 0. The van der Waals surface area contributed by atoms with E-state index in [9.17, 15) is 28.8 Å². The lowest BCUT2D eigenvalue weighted by atomic mass is 9.88. The van der Waals surface area contributed by atoms with E-state index >= 15 is 0 Å². The van der Waals surface area contributed by atoms with E-state index in [0.717, 1.165) is 11.1 Å². The monoisotopic (exact) mass is 1800 g/mol. The summed E-state index contributed by atoms with van der Waals surface area (Å²) in [6, 6.07) is 19.9. The Balaban J connectivity index is 2.55. The number of hydrogen-bond donors (Lipinski definition) is 0. The normalized spacial score (nSPS) is 15.1. The van der Waals surface area contributed by atoms with Crippen molar-refractivity contribution in [2.24, 2.45) is 17.8 Å². The predicted octanol–water partition coefficient (Wildman–Crippen LogP) is 16.9. The fourth-order valence-electron chi connectivity index (χ4n) is 12.5. The van der Waals surface area contributed by atoms with Crippen LogP contribution in [0.1, 0.15) is 134 Å². The van der Waals surface area contributed by atoms with Gasteiger partial charge < -0.3 is 100 Å². The van der Waals surface area contributed by atoms with Gasteiger partial charge in [0, 0.05) is 121 Å². The first kappa shape index (κ1) is 108. The van der Waals surface area contributed by atoms with Gasteiger partial charge in [0.1, 0.15) is 17.6 Å². The topological polar surface area (TPSA) is 305 Å². The smallest absolute Gasteiger partial charge is 0.497 e. The van der Waals surface area contributed by atoms with Gasteiger partial charge in [0.05, 0.1) is 73.2 Å². The molecule has 3 aromatic carbocycles. The summed E-state index contributed by atoms with van der Waals surface area (Å²) in [6.45, 7) is 49.2. The summed E-state index contributed by atoms with van der Waals surface area (Å²) < 4.78 is 139. The second kappa shape index (κ2) is 53.2. The van der Waals surface area contributed by atoms with Gasteiger partial charge in [-0.05, 0) is 202 Å². The van der Waals surface area contributed by atoms with Crippen LogP contribution >= 0.6 is 0 Å². The van der Waals surface area contributed by atoms with Crippen LogP contribution in [-0.4, -0.2) is 210 Å².